The summed E-state index contributed by atoms with van der Waals surface area (Å²) < 4.78 is 17.9. The predicted octanol–water partition coefficient (Wildman–Crippen LogP) is 4.34. The number of rotatable bonds is 5. The Balaban J connectivity index is 2.05. The van der Waals surface area contributed by atoms with Crippen LogP contribution in [0.15, 0.2) is 42.5 Å². The summed E-state index contributed by atoms with van der Waals surface area (Å²) in [6.45, 7) is 0. The van der Waals surface area contributed by atoms with E-state index in [1.165, 1.54) is 19.2 Å². The van der Waals surface area contributed by atoms with E-state index in [0.717, 1.165) is 27.7 Å². The highest BCUT2D eigenvalue weighted by atomic mass is 19.1. The van der Waals surface area contributed by atoms with E-state index in [1.807, 2.05) is 12.1 Å². The molecule has 2 aromatic carbocycles. The van der Waals surface area contributed by atoms with Crippen LogP contribution in [0.3, 0.4) is 0 Å². The average molecular weight is 336 g/mol. The Bertz CT molecular complexity index is 952. The van der Waals surface area contributed by atoms with Crippen molar-refractivity contribution in [2.75, 3.05) is 7.11 Å². The fourth-order valence-electron chi connectivity index (χ4n) is 2.95. The first-order valence-electron chi connectivity index (χ1n) is 8.00. The zero-order valence-corrected chi connectivity index (χ0v) is 13.8. The van der Waals surface area contributed by atoms with Gasteiger partial charge < -0.3 is 9.72 Å². The Morgan fingerprint density at radius 2 is 2.00 bits per heavy atom. The number of H-pyrrole nitrogens is 1. The van der Waals surface area contributed by atoms with Crippen LogP contribution in [-0.2, 0) is 16.0 Å². The molecule has 0 amide bonds. The number of halogens is 1. The second-order valence-corrected chi connectivity index (χ2v) is 5.79. The molecule has 3 rings (SSSR count). The van der Waals surface area contributed by atoms with Gasteiger partial charge in [-0.2, -0.15) is 5.26 Å². The van der Waals surface area contributed by atoms with Gasteiger partial charge in [-0.15, -0.1) is 0 Å². The molecule has 0 radical (unpaired) electrons. The number of carbonyl (C=O) groups excluding carboxylic acids is 1. The lowest BCUT2D eigenvalue weighted by molar-refractivity contribution is -0.140. The number of benzene rings is 2. The number of ether oxygens (including phenoxy) is 1. The van der Waals surface area contributed by atoms with Crippen molar-refractivity contribution >= 4 is 16.9 Å². The molecule has 1 aromatic heterocycles. The van der Waals surface area contributed by atoms with Crippen molar-refractivity contribution in [3.05, 3.63) is 59.4 Å². The van der Waals surface area contributed by atoms with Crippen molar-refractivity contribution in [2.24, 2.45) is 0 Å². The van der Waals surface area contributed by atoms with Gasteiger partial charge in [-0.1, -0.05) is 0 Å². The number of aromatic amines is 1. The van der Waals surface area contributed by atoms with Gasteiger partial charge in [0.2, 0.25) is 0 Å². The summed E-state index contributed by atoms with van der Waals surface area (Å²) in [6, 6.07) is 13.9. The Kier molecular flexibility index (Phi) is 4.80. The summed E-state index contributed by atoms with van der Waals surface area (Å²) in [6.07, 6.45) is 1.60. The van der Waals surface area contributed by atoms with Crippen LogP contribution < -0.4 is 0 Å². The number of methoxy groups -OCH3 is 1. The van der Waals surface area contributed by atoms with Gasteiger partial charge in [-0.25, -0.2) is 4.39 Å². The molecule has 0 aliphatic rings. The van der Waals surface area contributed by atoms with Gasteiger partial charge >= 0.3 is 5.97 Å². The van der Waals surface area contributed by atoms with Crippen LogP contribution in [0.5, 0.6) is 0 Å². The van der Waals surface area contributed by atoms with Crippen LogP contribution in [-0.4, -0.2) is 18.1 Å². The SMILES string of the molecule is COC(=O)CCCc1c(-c2ccc(F)cc2)[nH]c2ccc(C#N)cc12. The van der Waals surface area contributed by atoms with E-state index < -0.39 is 0 Å². The van der Waals surface area contributed by atoms with E-state index in [2.05, 4.69) is 11.1 Å². The normalized spacial score (nSPS) is 10.6. The van der Waals surface area contributed by atoms with Gasteiger partial charge in [0.15, 0.2) is 0 Å². The summed E-state index contributed by atoms with van der Waals surface area (Å²) >= 11 is 0. The van der Waals surface area contributed by atoms with Crippen molar-refractivity contribution in [1.29, 1.82) is 5.26 Å². The maximum atomic E-state index is 13.2. The van der Waals surface area contributed by atoms with Crippen LogP contribution in [0.25, 0.3) is 22.2 Å². The summed E-state index contributed by atoms with van der Waals surface area (Å²) in [4.78, 5) is 14.7. The van der Waals surface area contributed by atoms with Gasteiger partial charge in [-0.05, 0) is 66.4 Å². The number of nitrogens with one attached hydrogen (secondary N) is 1. The van der Waals surface area contributed by atoms with Crippen LogP contribution >= 0.6 is 0 Å². The second-order valence-electron chi connectivity index (χ2n) is 5.79. The summed E-state index contributed by atoms with van der Waals surface area (Å²) in [5.74, 6) is -0.542. The first-order valence-corrected chi connectivity index (χ1v) is 8.00. The highest BCUT2D eigenvalue weighted by Crippen LogP contribution is 2.32. The first-order chi connectivity index (χ1) is 12.1. The Labute approximate surface area is 144 Å². The molecule has 25 heavy (non-hydrogen) atoms. The van der Waals surface area contributed by atoms with Crippen molar-refractivity contribution < 1.29 is 13.9 Å². The molecule has 0 aliphatic heterocycles. The first kappa shape index (κ1) is 16.7. The molecule has 1 N–H and O–H groups in total. The molecular weight excluding hydrogens is 319 g/mol. The molecule has 0 fully saturated rings. The lowest BCUT2D eigenvalue weighted by Crippen LogP contribution is -2.00. The third-order valence-electron chi connectivity index (χ3n) is 4.20. The van der Waals surface area contributed by atoms with Crippen molar-refractivity contribution in [2.45, 2.75) is 19.3 Å². The zero-order chi connectivity index (χ0) is 17.8. The lowest BCUT2D eigenvalue weighted by atomic mass is 9.99. The molecule has 3 aromatic rings. The Morgan fingerprint density at radius 1 is 1.24 bits per heavy atom. The third-order valence-corrected chi connectivity index (χ3v) is 4.20. The molecule has 0 bridgehead atoms. The number of aryl methyl sites for hydroxylation is 1. The van der Waals surface area contributed by atoms with E-state index in [-0.39, 0.29) is 11.8 Å². The van der Waals surface area contributed by atoms with Crippen molar-refractivity contribution in [3.8, 4) is 17.3 Å². The second kappa shape index (κ2) is 7.18. The monoisotopic (exact) mass is 336 g/mol. The molecular formula is C20H17FN2O2. The summed E-state index contributed by atoms with van der Waals surface area (Å²) in [7, 11) is 1.37. The Hall–Kier alpha value is -3.13. The molecule has 0 saturated heterocycles. The highest BCUT2D eigenvalue weighted by molar-refractivity contribution is 5.91. The molecule has 0 aliphatic carbocycles. The Morgan fingerprint density at radius 3 is 2.68 bits per heavy atom. The van der Waals surface area contributed by atoms with Gasteiger partial charge in [0.05, 0.1) is 18.7 Å². The quantitative estimate of drug-likeness (QED) is 0.705. The van der Waals surface area contributed by atoms with Gasteiger partial charge in [0.25, 0.3) is 0 Å². The largest absolute Gasteiger partial charge is 0.469 e. The van der Waals surface area contributed by atoms with Crippen LogP contribution in [0.1, 0.15) is 24.0 Å². The van der Waals surface area contributed by atoms with E-state index in [1.54, 1.807) is 18.2 Å². The molecule has 0 spiro atoms. The number of fused-ring (bicyclic) bond motifs is 1. The fourth-order valence-corrected chi connectivity index (χ4v) is 2.95. The smallest absolute Gasteiger partial charge is 0.305 e. The van der Waals surface area contributed by atoms with E-state index in [4.69, 9.17) is 10.00 Å². The summed E-state index contributed by atoms with van der Waals surface area (Å²) in [5.41, 5.74) is 4.25. The predicted molar refractivity (Wildman–Crippen MR) is 93.4 cm³/mol. The molecule has 1 heterocycles. The number of carbonyl (C=O) groups is 1. The van der Waals surface area contributed by atoms with Gasteiger partial charge in [-0.3, -0.25) is 4.79 Å². The lowest BCUT2D eigenvalue weighted by Gasteiger charge is -2.05. The number of nitrogens with zero attached hydrogens (tertiary/aromatic N) is 1. The maximum Gasteiger partial charge on any atom is 0.305 e. The minimum absolute atomic E-state index is 0.249. The van der Waals surface area contributed by atoms with E-state index >= 15 is 0 Å². The molecule has 5 heteroatoms. The molecule has 4 nitrogen and oxygen atoms in total. The zero-order valence-electron chi connectivity index (χ0n) is 13.8. The summed E-state index contributed by atoms with van der Waals surface area (Å²) in [5, 5.41) is 10.1. The number of nitriles is 1. The van der Waals surface area contributed by atoms with Crippen molar-refractivity contribution in [1.82, 2.24) is 4.98 Å². The minimum Gasteiger partial charge on any atom is -0.469 e. The average Bonchev–Trinajstić information content (AvgIpc) is 3.00. The molecule has 0 unspecified atom stereocenters. The standard InChI is InChI=1S/C20H17FN2O2/c1-25-19(24)4-2-3-16-17-11-13(12-22)5-10-18(17)23-20(16)14-6-8-15(21)9-7-14/h5-11,23H,2-4H2,1H3. The van der Waals surface area contributed by atoms with E-state index in [9.17, 15) is 9.18 Å². The van der Waals surface area contributed by atoms with Gasteiger partial charge in [0.1, 0.15) is 5.82 Å². The fraction of sp³-hybridized carbons (Fsp3) is 0.200. The van der Waals surface area contributed by atoms with Crippen LogP contribution in [0, 0.1) is 17.1 Å². The molecule has 0 saturated carbocycles. The molecule has 0 atom stereocenters. The third kappa shape index (κ3) is 3.53. The van der Waals surface area contributed by atoms with Gasteiger partial charge in [0, 0.05) is 23.0 Å². The number of esters is 1. The topological polar surface area (TPSA) is 65.9 Å². The van der Waals surface area contributed by atoms with Crippen molar-refractivity contribution in [3.63, 3.8) is 0 Å². The van der Waals surface area contributed by atoms with Crippen LogP contribution in [0.4, 0.5) is 4.39 Å². The number of hydrogen-bond donors (Lipinski definition) is 1. The van der Waals surface area contributed by atoms with E-state index in [0.29, 0.717) is 24.8 Å². The molecule has 126 valence electrons. The number of aromatic nitrogens is 1. The number of hydrogen-bond acceptors (Lipinski definition) is 3. The maximum absolute atomic E-state index is 13.2. The highest BCUT2D eigenvalue weighted by Gasteiger charge is 2.14. The minimum atomic E-state index is -0.293. The van der Waals surface area contributed by atoms with Crippen LogP contribution in [0.2, 0.25) is 0 Å².